The first-order valence-electron chi connectivity index (χ1n) is 9.61. The Hall–Kier alpha value is -2.92. The number of aromatic nitrogens is 2. The van der Waals surface area contributed by atoms with Crippen molar-refractivity contribution in [1.29, 1.82) is 0 Å². The van der Waals surface area contributed by atoms with E-state index in [0.717, 1.165) is 17.0 Å². The van der Waals surface area contributed by atoms with Crippen LogP contribution < -0.4 is 9.47 Å². The number of nitrogens with zero attached hydrogens (tertiary/aromatic N) is 4. The van der Waals surface area contributed by atoms with Crippen molar-refractivity contribution in [2.45, 2.75) is 26.7 Å². The second-order valence-electron chi connectivity index (χ2n) is 6.33. The third-order valence-electron chi connectivity index (χ3n) is 4.09. The number of aryl methyl sites for hydroxylation is 1. The number of ether oxygens (including phenoxy) is 2. The largest absolute Gasteiger partial charge is 0.490 e. The van der Waals surface area contributed by atoms with Crippen molar-refractivity contribution in [3.63, 3.8) is 0 Å². The summed E-state index contributed by atoms with van der Waals surface area (Å²) in [6.07, 6.45) is 2.44. The fraction of sp³-hybridized carbons (Fsp3) is 0.350. The van der Waals surface area contributed by atoms with Gasteiger partial charge in [0.1, 0.15) is 5.01 Å². The van der Waals surface area contributed by atoms with Crippen molar-refractivity contribution in [2.24, 2.45) is 4.99 Å². The number of carboxylic acids is 1. The minimum Gasteiger partial charge on any atom is -0.490 e. The number of thioether (sulfide) groups is 1. The van der Waals surface area contributed by atoms with Crippen LogP contribution in [0.1, 0.15) is 30.8 Å². The molecule has 164 valence electrons. The number of hydrogen-bond acceptors (Lipinski definition) is 9. The first kappa shape index (κ1) is 22.8. The minimum absolute atomic E-state index is 0.0418. The lowest BCUT2D eigenvalue weighted by molar-refractivity contribution is -0.137. The molecule has 0 radical (unpaired) electrons. The van der Waals surface area contributed by atoms with Gasteiger partial charge in [0.25, 0.3) is 5.91 Å². The molecule has 31 heavy (non-hydrogen) atoms. The molecule has 3 rings (SSSR count). The van der Waals surface area contributed by atoms with E-state index in [0.29, 0.717) is 33.3 Å². The number of likely N-dealkylation sites (N-methyl/N-ethyl adjacent to an activating group) is 1. The number of carboxylic acid groups (broad SMARTS) is 1. The van der Waals surface area contributed by atoms with E-state index in [1.54, 1.807) is 31.3 Å². The molecule has 1 aliphatic heterocycles. The lowest BCUT2D eigenvalue weighted by atomic mass is 10.2. The van der Waals surface area contributed by atoms with Crippen LogP contribution in [0.5, 0.6) is 11.5 Å². The van der Waals surface area contributed by atoms with Crippen LogP contribution >= 0.6 is 23.1 Å². The average Bonchev–Trinajstić information content (AvgIpc) is 3.30. The van der Waals surface area contributed by atoms with E-state index in [1.807, 2.05) is 13.8 Å². The highest BCUT2D eigenvalue weighted by Crippen LogP contribution is 2.35. The van der Waals surface area contributed by atoms with E-state index >= 15 is 0 Å². The highest BCUT2D eigenvalue weighted by Gasteiger charge is 2.30. The lowest BCUT2D eigenvalue weighted by Crippen LogP contribution is -2.23. The van der Waals surface area contributed by atoms with Gasteiger partial charge in [0.15, 0.2) is 16.7 Å². The number of amides is 1. The minimum atomic E-state index is -0.933. The second kappa shape index (κ2) is 10.4. The van der Waals surface area contributed by atoms with Gasteiger partial charge in [-0.05, 0) is 48.9 Å². The summed E-state index contributed by atoms with van der Waals surface area (Å²) in [6, 6.07) is 5.25. The molecule has 1 aromatic heterocycles. The normalized spacial score (nSPS) is 16.4. The molecule has 1 amide bonds. The summed E-state index contributed by atoms with van der Waals surface area (Å²) < 4.78 is 11.1. The number of benzene rings is 1. The highest BCUT2D eigenvalue weighted by molar-refractivity contribution is 8.18. The van der Waals surface area contributed by atoms with Gasteiger partial charge < -0.3 is 14.6 Å². The first-order chi connectivity index (χ1) is 14.9. The summed E-state index contributed by atoms with van der Waals surface area (Å²) in [5.41, 5.74) is 0.753. The predicted molar refractivity (Wildman–Crippen MR) is 120 cm³/mol. The number of carbonyl (C=O) groups is 2. The van der Waals surface area contributed by atoms with Gasteiger partial charge in [0.2, 0.25) is 5.13 Å². The Kier molecular flexibility index (Phi) is 7.64. The van der Waals surface area contributed by atoms with Crippen LogP contribution in [0.4, 0.5) is 5.13 Å². The monoisotopic (exact) mass is 462 g/mol. The number of aliphatic imine (C=N–C) groups is 1. The van der Waals surface area contributed by atoms with Crippen LogP contribution in [0.25, 0.3) is 6.08 Å². The van der Waals surface area contributed by atoms with Crippen molar-refractivity contribution in [2.75, 3.05) is 20.3 Å². The summed E-state index contributed by atoms with van der Waals surface area (Å²) in [6.45, 7) is 4.30. The van der Waals surface area contributed by atoms with E-state index in [2.05, 4.69) is 15.2 Å². The molecule has 0 spiro atoms. The summed E-state index contributed by atoms with van der Waals surface area (Å²) in [4.78, 5) is 29.8. The highest BCUT2D eigenvalue weighted by atomic mass is 32.2. The fourth-order valence-corrected chi connectivity index (χ4v) is 4.24. The molecule has 0 atom stereocenters. The second-order valence-corrected chi connectivity index (χ2v) is 8.38. The molecule has 0 unspecified atom stereocenters. The van der Waals surface area contributed by atoms with Gasteiger partial charge in [-0.2, -0.15) is 4.99 Å². The van der Waals surface area contributed by atoms with Crippen LogP contribution in [-0.4, -0.2) is 57.5 Å². The van der Waals surface area contributed by atoms with Gasteiger partial charge in [-0.15, -0.1) is 10.2 Å². The van der Waals surface area contributed by atoms with Crippen LogP contribution in [0, 0.1) is 0 Å². The molecule has 1 fully saturated rings. The predicted octanol–water partition coefficient (Wildman–Crippen LogP) is 3.59. The third kappa shape index (κ3) is 5.82. The summed E-state index contributed by atoms with van der Waals surface area (Å²) in [7, 11) is 1.67. The zero-order valence-electron chi connectivity index (χ0n) is 17.3. The van der Waals surface area contributed by atoms with Crippen LogP contribution in [0.15, 0.2) is 28.1 Å². The summed E-state index contributed by atoms with van der Waals surface area (Å²) >= 11 is 2.66. The first-order valence-corrected chi connectivity index (χ1v) is 11.2. The zero-order chi connectivity index (χ0) is 22.4. The van der Waals surface area contributed by atoms with Gasteiger partial charge in [0.05, 0.1) is 24.5 Å². The Morgan fingerprint density at radius 2 is 2.06 bits per heavy atom. The fourth-order valence-electron chi connectivity index (χ4n) is 2.57. The van der Waals surface area contributed by atoms with Crippen LogP contribution in [0.2, 0.25) is 0 Å². The number of carbonyl (C=O) groups excluding carboxylic acids is 1. The van der Waals surface area contributed by atoms with E-state index in [4.69, 9.17) is 14.6 Å². The van der Waals surface area contributed by atoms with E-state index in [-0.39, 0.29) is 18.9 Å². The van der Waals surface area contributed by atoms with Crippen molar-refractivity contribution in [3.05, 3.63) is 33.7 Å². The molecule has 11 heteroatoms. The van der Waals surface area contributed by atoms with Crippen molar-refractivity contribution < 1.29 is 24.2 Å². The molecule has 2 heterocycles. The number of aliphatic carboxylic acids is 1. The van der Waals surface area contributed by atoms with Gasteiger partial charge in [-0.3, -0.25) is 14.5 Å². The molecule has 1 aliphatic rings. The molecule has 0 saturated carbocycles. The Morgan fingerprint density at radius 3 is 2.74 bits per heavy atom. The summed E-state index contributed by atoms with van der Waals surface area (Å²) in [5.74, 6) is -0.153. The molecule has 0 aliphatic carbocycles. The van der Waals surface area contributed by atoms with Crippen LogP contribution in [-0.2, 0) is 16.0 Å². The molecule has 9 nitrogen and oxygen atoms in total. The maximum absolute atomic E-state index is 12.7. The van der Waals surface area contributed by atoms with Gasteiger partial charge in [-0.1, -0.05) is 24.3 Å². The maximum atomic E-state index is 12.7. The molecular weight excluding hydrogens is 440 g/mol. The Morgan fingerprint density at radius 1 is 1.26 bits per heavy atom. The number of rotatable bonds is 9. The smallest absolute Gasteiger partial charge is 0.306 e. The molecule has 0 bridgehead atoms. The van der Waals surface area contributed by atoms with Gasteiger partial charge >= 0.3 is 5.97 Å². The standard InChI is InChI=1S/C20H22N4O5S2/c1-4-16-22-23-19(31-16)21-20-24(3)18(27)15(30-20)11-12-6-7-13(14(10-12)28-5-2)29-9-8-17(25)26/h6-7,10-11H,4-5,8-9H2,1-3H3,(H,25,26)/b15-11+,21-20+. The van der Waals surface area contributed by atoms with Crippen molar-refractivity contribution >= 4 is 51.4 Å². The van der Waals surface area contributed by atoms with Gasteiger partial charge in [0, 0.05) is 7.05 Å². The molecular formula is C20H22N4O5S2. The quantitative estimate of drug-likeness (QED) is 0.563. The Balaban J connectivity index is 1.80. The SMILES string of the molecule is CCOc1cc(/C=C2/S/C(=N/c3nnc(CC)s3)N(C)C2=O)ccc1OCCC(=O)O. The zero-order valence-corrected chi connectivity index (χ0v) is 19.0. The average molecular weight is 463 g/mol. The molecule has 1 saturated heterocycles. The molecule has 1 aromatic carbocycles. The summed E-state index contributed by atoms with van der Waals surface area (Å²) in [5, 5.41) is 18.8. The van der Waals surface area contributed by atoms with Gasteiger partial charge in [-0.25, -0.2) is 0 Å². The maximum Gasteiger partial charge on any atom is 0.306 e. The van der Waals surface area contributed by atoms with E-state index in [1.165, 1.54) is 28.0 Å². The molecule has 2 aromatic rings. The topological polar surface area (TPSA) is 114 Å². The van der Waals surface area contributed by atoms with Crippen LogP contribution in [0.3, 0.4) is 0 Å². The number of hydrogen-bond donors (Lipinski definition) is 1. The lowest BCUT2D eigenvalue weighted by Gasteiger charge is -2.12. The number of amidine groups is 1. The van der Waals surface area contributed by atoms with E-state index in [9.17, 15) is 9.59 Å². The van der Waals surface area contributed by atoms with Crippen molar-refractivity contribution in [1.82, 2.24) is 15.1 Å². The third-order valence-corrected chi connectivity index (χ3v) is 6.11. The molecule has 1 N–H and O–H groups in total. The van der Waals surface area contributed by atoms with E-state index < -0.39 is 5.97 Å². The Labute approximate surface area is 187 Å². The Bertz CT molecular complexity index is 1030. The van der Waals surface area contributed by atoms with Crippen molar-refractivity contribution in [3.8, 4) is 11.5 Å².